The fraction of sp³-hybridized carbons (Fsp3) is 0.167. The average Bonchev–Trinajstić information content (AvgIpc) is 2.97. The number of non-ortho nitro benzene ring substituents is 1. The van der Waals surface area contributed by atoms with E-state index in [1.54, 1.807) is 6.26 Å². The molecule has 0 saturated carbocycles. The number of carbonyl (C=O) groups excluding carboxylic acids is 1. The SMILES string of the molecule is CCc1ccc2c(CC(=O)Oc3ccc([N+](=O)[O-])cc3)coc2c1. The molecule has 1 aromatic heterocycles. The molecule has 1 heterocycles. The summed E-state index contributed by atoms with van der Waals surface area (Å²) < 4.78 is 10.7. The number of carbonyl (C=O) groups is 1. The van der Waals surface area contributed by atoms with E-state index in [-0.39, 0.29) is 17.9 Å². The predicted molar refractivity (Wildman–Crippen MR) is 88.0 cm³/mol. The van der Waals surface area contributed by atoms with Crippen LogP contribution in [0.2, 0.25) is 0 Å². The Bertz CT molecular complexity index is 895. The molecule has 0 fully saturated rings. The van der Waals surface area contributed by atoms with E-state index in [4.69, 9.17) is 9.15 Å². The second-order valence-electron chi connectivity index (χ2n) is 5.35. The first-order chi connectivity index (χ1) is 11.6. The molecule has 2 aromatic carbocycles. The molecule has 0 saturated heterocycles. The second-order valence-corrected chi connectivity index (χ2v) is 5.35. The topological polar surface area (TPSA) is 82.6 Å². The number of esters is 1. The van der Waals surface area contributed by atoms with Crippen LogP contribution in [0.15, 0.2) is 53.1 Å². The number of nitro groups is 1. The van der Waals surface area contributed by atoms with Crippen LogP contribution in [-0.2, 0) is 17.6 Å². The van der Waals surface area contributed by atoms with Gasteiger partial charge in [-0.25, -0.2) is 0 Å². The van der Waals surface area contributed by atoms with Crippen molar-refractivity contribution in [1.82, 2.24) is 0 Å². The number of nitrogens with zero attached hydrogens (tertiary/aromatic N) is 1. The summed E-state index contributed by atoms with van der Waals surface area (Å²) in [5, 5.41) is 11.5. The van der Waals surface area contributed by atoms with Gasteiger partial charge in [0.15, 0.2) is 0 Å². The molecule has 0 bridgehead atoms. The lowest BCUT2D eigenvalue weighted by molar-refractivity contribution is -0.384. The number of hydrogen-bond acceptors (Lipinski definition) is 5. The molecule has 0 radical (unpaired) electrons. The number of furan rings is 1. The van der Waals surface area contributed by atoms with Crippen molar-refractivity contribution in [1.29, 1.82) is 0 Å². The first-order valence-corrected chi connectivity index (χ1v) is 7.51. The minimum atomic E-state index is -0.506. The molecule has 6 heteroatoms. The summed E-state index contributed by atoms with van der Waals surface area (Å²) in [6.07, 6.45) is 2.53. The van der Waals surface area contributed by atoms with Gasteiger partial charge in [0, 0.05) is 23.1 Å². The Hall–Kier alpha value is -3.15. The highest BCUT2D eigenvalue weighted by molar-refractivity contribution is 5.86. The van der Waals surface area contributed by atoms with Gasteiger partial charge in [-0.15, -0.1) is 0 Å². The van der Waals surface area contributed by atoms with Gasteiger partial charge in [0.25, 0.3) is 5.69 Å². The van der Waals surface area contributed by atoms with Gasteiger partial charge in [-0.2, -0.15) is 0 Å². The molecule has 0 unspecified atom stereocenters. The van der Waals surface area contributed by atoms with Crippen LogP contribution in [0.4, 0.5) is 5.69 Å². The highest BCUT2D eigenvalue weighted by atomic mass is 16.6. The Morgan fingerprint density at radius 1 is 1.21 bits per heavy atom. The van der Waals surface area contributed by atoms with Crippen LogP contribution in [0.1, 0.15) is 18.1 Å². The molecule has 0 aliphatic rings. The zero-order valence-electron chi connectivity index (χ0n) is 13.0. The molecule has 0 spiro atoms. The van der Waals surface area contributed by atoms with E-state index in [0.29, 0.717) is 0 Å². The van der Waals surface area contributed by atoms with E-state index in [0.717, 1.165) is 28.5 Å². The third-order valence-corrected chi connectivity index (χ3v) is 3.74. The summed E-state index contributed by atoms with van der Waals surface area (Å²) in [6, 6.07) is 11.3. The number of nitro benzene ring substituents is 1. The van der Waals surface area contributed by atoms with Gasteiger partial charge in [0.05, 0.1) is 17.6 Å². The van der Waals surface area contributed by atoms with Crippen LogP contribution in [0.25, 0.3) is 11.0 Å². The van der Waals surface area contributed by atoms with Crippen molar-refractivity contribution < 1.29 is 18.9 Å². The smallest absolute Gasteiger partial charge is 0.315 e. The van der Waals surface area contributed by atoms with Gasteiger partial charge < -0.3 is 9.15 Å². The quantitative estimate of drug-likeness (QED) is 0.306. The van der Waals surface area contributed by atoms with Crippen molar-refractivity contribution in [3.8, 4) is 5.75 Å². The Kier molecular flexibility index (Phi) is 4.29. The summed E-state index contributed by atoms with van der Waals surface area (Å²) in [5.41, 5.74) is 2.60. The third-order valence-electron chi connectivity index (χ3n) is 3.74. The van der Waals surface area contributed by atoms with Crippen molar-refractivity contribution in [3.05, 3.63) is 70.0 Å². The second kappa shape index (κ2) is 6.54. The van der Waals surface area contributed by atoms with Crippen molar-refractivity contribution in [3.63, 3.8) is 0 Å². The summed E-state index contributed by atoms with van der Waals surface area (Å²) in [4.78, 5) is 22.2. The molecule has 24 heavy (non-hydrogen) atoms. The van der Waals surface area contributed by atoms with Crippen LogP contribution in [0.5, 0.6) is 5.75 Å². The van der Waals surface area contributed by atoms with Gasteiger partial charge in [0.1, 0.15) is 11.3 Å². The minimum Gasteiger partial charge on any atom is -0.464 e. The largest absolute Gasteiger partial charge is 0.464 e. The molecule has 3 rings (SSSR count). The van der Waals surface area contributed by atoms with E-state index in [2.05, 4.69) is 6.92 Å². The zero-order chi connectivity index (χ0) is 17.1. The molecule has 6 nitrogen and oxygen atoms in total. The molecule has 0 atom stereocenters. The number of aryl methyl sites for hydroxylation is 1. The van der Waals surface area contributed by atoms with E-state index < -0.39 is 10.9 Å². The van der Waals surface area contributed by atoms with Crippen LogP contribution < -0.4 is 4.74 Å². The van der Waals surface area contributed by atoms with Gasteiger partial charge in [-0.05, 0) is 30.2 Å². The summed E-state index contributed by atoms with van der Waals surface area (Å²) in [5.74, 6) is -0.183. The van der Waals surface area contributed by atoms with E-state index in [9.17, 15) is 14.9 Å². The minimum absolute atomic E-state index is 0.0534. The van der Waals surface area contributed by atoms with Crippen molar-refractivity contribution >= 4 is 22.6 Å². The summed E-state index contributed by atoms with van der Waals surface area (Å²) in [6.45, 7) is 2.06. The molecule has 0 N–H and O–H groups in total. The Morgan fingerprint density at radius 2 is 1.96 bits per heavy atom. The van der Waals surface area contributed by atoms with E-state index in [1.165, 1.54) is 24.3 Å². The van der Waals surface area contributed by atoms with Gasteiger partial charge >= 0.3 is 5.97 Å². The zero-order valence-corrected chi connectivity index (χ0v) is 13.0. The fourth-order valence-corrected chi connectivity index (χ4v) is 2.44. The first kappa shape index (κ1) is 15.7. The van der Waals surface area contributed by atoms with Crippen LogP contribution in [0, 0.1) is 10.1 Å². The normalized spacial score (nSPS) is 10.7. The Balaban J connectivity index is 1.71. The summed E-state index contributed by atoms with van der Waals surface area (Å²) >= 11 is 0. The molecule has 0 amide bonds. The van der Waals surface area contributed by atoms with Crippen molar-refractivity contribution in [2.45, 2.75) is 19.8 Å². The van der Waals surface area contributed by atoms with Gasteiger partial charge in [-0.1, -0.05) is 19.1 Å². The molecular formula is C18H15NO5. The highest BCUT2D eigenvalue weighted by Crippen LogP contribution is 2.24. The Labute approximate surface area is 137 Å². The molecule has 122 valence electrons. The number of ether oxygens (including phenoxy) is 1. The van der Waals surface area contributed by atoms with Crippen molar-refractivity contribution in [2.24, 2.45) is 0 Å². The molecule has 0 aliphatic heterocycles. The monoisotopic (exact) mass is 325 g/mol. The lowest BCUT2D eigenvalue weighted by Gasteiger charge is -2.03. The lowest BCUT2D eigenvalue weighted by Crippen LogP contribution is -2.10. The van der Waals surface area contributed by atoms with Crippen molar-refractivity contribution in [2.75, 3.05) is 0 Å². The lowest BCUT2D eigenvalue weighted by atomic mass is 10.1. The average molecular weight is 325 g/mol. The van der Waals surface area contributed by atoms with E-state index >= 15 is 0 Å². The summed E-state index contributed by atoms with van der Waals surface area (Å²) in [7, 11) is 0. The standard InChI is InChI=1S/C18H15NO5/c1-2-12-3-8-16-13(11-23-17(16)9-12)10-18(20)24-15-6-4-14(5-7-15)19(21)22/h3-9,11H,2,10H2,1H3. The Morgan fingerprint density at radius 3 is 2.62 bits per heavy atom. The third kappa shape index (κ3) is 3.27. The van der Waals surface area contributed by atoms with Gasteiger partial charge in [-0.3, -0.25) is 14.9 Å². The number of benzene rings is 2. The number of fused-ring (bicyclic) bond motifs is 1. The van der Waals surface area contributed by atoms with Crippen LogP contribution >= 0.6 is 0 Å². The van der Waals surface area contributed by atoms with Gasteiger partial charge in [0.2, 0.25) is 0 Å². The highest BCUT2D eigenvalue weighted by Gasteiger charge is 2.13. The number of rotatable bonds is 5. The molecular weight excluding hydrogens is 310 g/mol. The first-order valence-electron chi connectivity index (χ1n) is 7.51. The van der Waals surface area contributed by atoms with Crippen LogP contribution in [0.3, 0.4) is 0 Å². The van der Waals surface area contributed by atoms with E-state index in [1.807, 2.05) is 18.2 Å². The maximum absolute atomic E-state index is 12.1. The number of hydrogen-bond donors (Lipinski definition) is 0. The van der Waals surface area contributed by atoms with Crippen LogP contribution in [-0.4, -0.2) is 10.9 Å². The maximum atomic E-state index is 12.1. The predicted octanol–water partition coefficient (Wildman–Crippen LogP) is 4.05. The maximum Gasteiger partial charge on any atom is 0.315 e. The molecule has 0 aliphatic carbocycles. The molecule has 3 aromatic rings. The fourth-order valence-electron chi connectivity index (χ4n) is 2.44.